The van der Waals surface area contributed by atoms with Crippen molar-refractivity contribution < 1.29 is 0 Å². The maximum absolute atomic E-state index is 4.03. The van der Waals surface area contributed by atoms with Gasteiger partial charge in [-0.2, -0.15) is 0 Å². The molecular formula is C8H13N. The zero-order valence-corrected chi connectivity index (χ0v) is 5.69. The van der Waals surface area contributed by atoms with Crippen LogP contribution in [0, 0.1) is 5.92 Å². The zero-order chi connectivity index (χ0) is 6.27. The van der Waals surface area contributed by atoms with Crippen LogP contribution in [0.2, 0.25) is 0 Å². The van der Waals surface area contributed by atoms with E-state index in [2.05, 4.69) is 11.9 Å². The van der Waals surface area contributed by atoms with Crippen LogP contribution in [0.3, 0.4) is 0 Å². The number of fused-ring (bicyclic) bond motifs is 1. The number of hydrogen-bond donors (Lipinski definition) is 1. The first-order valence-corrected chi connectivity index (χ1v) is 3.79. The topological polar surface area (TPSA) is 12.0 Å². The molecule has 2 fully saturated rings. The molecule has 1 heterocycles. The standard InChI is InChI=1S/C8H13N/c1-6-3-2-4-7-5-9-8(6)7/h7-9H,1-5H2. The Bertz CT molecular complexity index is 140. The fourth-order valence-electron chi connectivity index (χ4n) is 1.90. The molecule has 9 heavy (non-hydrogen) atoms. The van der Waals surface area contributed by atoms with Crippen molar-refractivity contribution in [1.82, 2.24) is 5.32 Å². The van der Waals surface area contributed by atoms with Crippen LogP contribution in [-0.4, -0.2) is 12.6 Å². The Morgan fingerprint density at radius 1 is 1.56 bits per heavy atom. The molecule has 1 saturated carbocycles. The van der Waals surface area contributed by atoms with Crippen molar-refractivity contribution in [2.75, 3.05) is 6.54 Å². The van der Waals surface area contributed by atoms with Crippen LogP contribution in [0.4, 0.5) is 0 Å². The quantitative estimate of drug-likeness (QED) is 0.479. The normalized spacial score (nSPS) is 41.6. The summed E-state index contributed by atoms with van der Waals surface area (Å²) in [7, 11) is 0. The summed E-state index contributed by atoms with van der Waals surface area (Å²) >= 11 is 0. The first-order chi connectivity index (χ1) is 4.38. The van der Waals surface area contributed by atoms with Crippen molar-refractivity contribution in [3.05, 3.63) is 12.2 Å². The van der Waals surface area contributed by atoms with E-state index in [1.807, 2.05) is 0 Å². The first kappa shape index (κ1) is 5.48. The van der Waals surface area contributed by atoms with Crippen LogP contribution in [-0.2, 0) is 0 Å². The van der Waals surface area contributed by atoms with Crippen molar-refractivity contribution in [2.45, 2.75) is 25.3 Å². The Labute approximate surface area is 56.1 Å². The van der Waals surface area contributed by atoms with E-state index in [-0.39, 0.29) is 0 Å². The summed E-state index contributed by atoms with van der Waals surface area (Å²) in [4.78, 5) is 0. The molecule has 0 aromatic rings. The minimum absolute atomic E-state index is 0.707. The van der Waals surface area contributed by atoms with Gasteiger partial charge in [0.25, 0.3) is 0 Å². The maximum Gasteiger partial charge on any atom is 0.0317 e. The Balaban J connectivity index is 2.06. The van der Waals surface area contributed by atoms with Gasteiger partial charge in [-0.15, -0.1) is 0 Å². The van der Waals surface area contributed by atoms with Gasteiger partial charge in [0, 0.05) is 12.6 Å². The van der Waals surface area contributed by atoms with Crippen molar-refractivity contribution in [1.29, 1.82) is 0 Å². The van der Waals surface area contributed by atoms with Crippen molar-refractivity contribution >= 4 is 0 Å². The van der Waals surface area contributed by atoms with Crippen LogP contribution in [0.15, 0.2) is 12.2 Å². The molecule has 0 spiro atoms. The molecule has 2 rings (SSSR count). The molecule has 0 aromatic carbocycles. The Morgan fingerprint density at radius 2 is 2.44 bits per heavy atom. The summed E-state index contributed by atoms with van der Waals surface area (Å²) in [6, 6.07) is 0.707. The third-order valence-corrected chi connectivity index (χ3v) is 2.58. The van der Waals surface area contributed by atoms with Gasteiger partial charge in [-0.3, -0.25) is 0 Å². The lowest BCUT2D eigenvalue weighted by Crippen LogP contribution is -2.55. The smallest absolute Gasteiger partial charge is 0.0317 e. The second-order valence-corrected chi connectivity index (χ2v) is 3.20. The van der Waals surface area contributed by atoms with Gasteiger partial charge in [0.15, 0.2) is 0 Å². The minimum Gasteiger partial charge on any atom is -0.310 e. The third-order valence-electron chi connectivity index (χ3n) is 2.58. The van der Waals surface area contributed by atoms with Gasteiger partial charge in [0.05, 0.1) is 0 Å². The average Bonchev–Trinajstić information content (AvgIpc) is 1.74. The molecule has 0 aromatic heterocycles. The van der Waals surface area contributed by atoms with Gasteiger partial charge in [-0.1, -0.05) is 12.2 Å². The maximum atomic E-state index is 4.03. The van der Waals surface area contributed by atoms with E-state index >= 15 is 0 Å². The van der Waals surface area contributed by atoms with Crippen molar-refractivity contribution in [3.8, 4) is 0 Å². The van der Waals surface area contributed by atoms with Gasteiger partial charge >= 0.3 is 0 Å². The van der Waals surface area contributed by atoms with Gasteiger partial charge in [-0.25, -0.2) is 0 Å². The van der Waals surface area contributed by atoms with E-state index in [4.69, 9.17) is 0 Å². The molecule has 1 aliphatic carbocycles. The highest BCUT2D eigenvalue weighted by atomic mass is 15.0. The molecule has 2 aliphatic rings. The Morgan fingerprint density at radius 3 is 2.89 bits per heavy atom. The SMILES string of the molecule is C=C1CCCC2CNC12. The largest absolute Gasteiger partial charge is 0.310 e. The summed E-state index contributed by atoms with van der Waals surface area (Å²) < 4.78 is 0. The molecule has 1 nitrogen and oxygen atoms in total. The van der Waals surface area contributed by atoms with Crippen LogP contribution < -0.4 is 5.32 Å². The van der Waals surface area contributed by atoms with Gasteiger partial charge in [0.1, 0.15) is 0 Å². The number of nitrogens with one attached hydrogen (secondary N) is 1. The van der Waals surface area contributed by atoms with E-state index in [1.54, 1.807) is 0 Å². The fourth-order valence-corrected chi connectivity index (χ4v) is 1.90. The van der Waals surface area contributed by atoms with Crippen LogP contribution >= 0.6 is 0 Å². The summed E-state index contributed by atoms with van der Waals surface area (Å²) in [5.41, 5.74) is 1.44. The zero-order valence-electron chi connectivity index (χ0n) is 5.69. The van der Waals surface area contributed by atoms with E-state index in [0.717, 1.165) is 5.92 Å². The van der Waals surface area contributed by atoms with E-state index < -0.39 is 0 Å². The molecule has 1 aliphatic heterocycles. The van der Waals surface area contributed by atoms with E-state index in [9.17, 15) is 0 Å². The summed E-state index contributed by atoms with van der Waals surface area (Å²) in [5, 5.41) is 3.40. The number of hydrogen-bond acceptors (Lipinski definition) is 1. The molecule has 0 bridgehead atoms. The van der Waals surface area contributed by atoms with E-state index in [1.165, 1.54) is 31.4 Å². The second-order valence-electron chi connectivity index (χ2n) is 3.20. The molecule has 0 amide bonds. The van der Waals surface area contributed by atoms with E-state index in [0.29, 0.717) is 6.04 Å². The minimum atomic E-state index is 0.707. The first-order valence-electron chi connectivity index (χ1n) is 3.79. The van der Waals surface area contributed by atoms with Crippen LogP contribution in [0.25, 0.3) is 0 Å². The highest BCUT2D eigenvalue weighted by molar-refractivity contribution is 5.15. The fraction of sp³-hybridized carbons (Fsp3) is 0.750. The molecule has 50 valence electrons. The molecule has 1 saturated heterocycles. The average molecular weight is 123 g/mol. The highest BCUT2D eigenvalue weighted by Crippen LogP contribution is 2.32. The summed E-state index contributed by atoms with van der Waals surface area (Å²) in [5.74, 6) is 0.950. The monoisotopic (exact) mass is 123 g/mol. The molecule has 0 radical (unpaired) electrons. The second kappa shape index (κ2) is 1.84. The molecule has 2 unspecified atom stereocenters. The molecule has 1 N–H and O–H groups in total. The van der Waals surface area contributed by atoms with Crippen molar-refractivity contribution in [3.63, 3.8) is 0 Å². The lowest BCUT2D eigenvalue weighted by molar-refractivity contribution is 0.217. The van der Waals surface area contributed by atoms with Crippen molar-refractivity contribution in [2.24, 2.45) is 5.92 Å². The number of rotatable bonds is 0. The van der Waals surface area contributed by atoms with Crippen LogP contribution in [0.1, 0.15) is 19.3 Å². The molecule has 2 atom stereocenters. The predicted octanol–water partition coefficient (Wildman–Crippen LogP) is 1.31. The van der Waals surface area contributed by atoms with Gasteiger partial charge in [0.2, 0.25) is 0 Å². The lowest BCUT2D eigenvalue weighted by atomic mass is 9.76. The molecular weight excluding hydrogens is 110 g/mol. The van der Waals surface area contributed by atoms with Gasteiger partial charge < -0.3 is 5.32 Å². The lowest BCUT2D eigenvalue weighted by Gasteiger charge is -2.43. The van der Waals surface area contributed by atoms with Crippen LogP contribution in [0.5, 0.6) is 0 Å². The highest BCUT2D eigenvalue weighted by Gasteiger charge is 2.34. The summed E-state index contributed by atoms with van der Waals surface area (Å²) in [6.45, 7) is 5.27. The summed E-state index contributed by atoms with van der Waals surface area (Å²) in [6.07, 6.45) is 4.06. The Hall–Kier alpha value is -0.300. The predicted molar refractivity (Wildman–Crippen MR) is 38.3 cm³/mol. The Kier molecular flexibility index (Phi) is 1.12. The molecule has 1 heteroatoms. The third kappa shape index (κ3) is 0.715. The van der Waals surface area contributed by atoms with Gasteiger partial charge in [-0.05, 0) is 25.2 Å².